The van der Waals surface area contributed by atoms with E-state index < -0.39 is 0 Å². The summed E-state index contributed by atoms with van der Waals surface area (Å²) in [5.74, 6) is 0.953. The van der Waals surface area contributed by atoms with E-state index in [0.717, 1.165) is 17.7 Å². The molecule has 0 spiro atoms. The molecule has 1 unspecified atom stereocenters. The van der Waals surface area contributed by atoms with Crippen LogP contribution >= 0.6 is 0 Å². The van der Waals surface area contributed by atoms with Gasteiger partial charge in [-0.1, -0.05) is 51.2 Å². The molecular weight excluding hydrogens is 342 g/mol. The van der Waals surface area contributed by atoms with Crippen LogP contribution in [0.3, 0.4) is 0 Å². The van der Waals surface area contributed by atoms with E-state index in [2.05, 4.69) is 0 Å². The molecule has 0 radical (unpaired) electrons. The smallest absolute Gasteiger partial charge is 0.310 e. The van der Waals surface area contributed by atoms with Gasteiger partial charge in [0.05, 0.1) is 20.1 Å². The SMILES string of the molecule is COC(=O)C(C)CN(Cc1ccc(OC)cc1)C(=O)CCC1CCCCC1. The molecule has 0 aliphatic heterocycles. The van der Waals surface area contributed by atoms with Gasteiger partial charge in [-0.05, 0) is 30.0 Å². The van der Waals surface area contributed by atoms with Crippen LogP contribution in [0.2, 0.25) is 0 Å². The number of esters is 1. The topological polar surface area (TPSA) is 55.8 Å². The molecule has 0 N–H and O–H groups in total. The number of nitrogens with zero attached hydrogens (tertiary/aromatic N) is 1. The number of methoxy groups -OCH3 is 2. The lowest BCUT2D eigenvalue weighted by Gasteiger charge is -2.27. The van der Waals surface area contributed by atoms with Crippen LogP contribution in [0.1, 0.15) is 57.4 Å². The fourth-order valence-corrected chi connectivity index (χ4v) is 3.77. The first-order chi connectivity index (χ1) is 13.0. The number of ether oxygens (including phenoxy) is 2. The van der Waals surface area contributed by atoms with Crippen molar-refractivity contribution in [2.45, 2.75) is 58.4 Å². The number of hydrogen-bond acceptors (Lipinski definition) is 4. The first-order valence-corrected chi connectivity index (χ1v) is 10.0. The molecule has 1 aliphatic rings. The van der Waals surface area contributed by atoms with Crippen LogP contribution in [0.5, 0.6) is 5.75 Å². The molecule has 1 amide bonds. The normalized spacial score (nSPS) is 15.8. The Bertz CT molecular complexity index is 593. The Hall–Kier alpha value is -2.04. The zero-order valence-electron chi connectivity index (χ0n) is 16.9. The van der Waals surface area contributed by atoms with Gasteiger partial charge in [0.15, 0.2) is 0 Å². The van der Waals surface area contributed by atoms with E-state index in [-0.39, 0.29) is 17.8 Å². The number of hydrogen-bond donors (Lipinski definition) is 0. The summed E-state index contributed by atoms with van der Waals surface area (Å²) in [5, 5.41) is 0. The first-order valence-electron chi connectivity index (χ1n) is 10.0. The van der Waals surface area contributed by atoms with Gasteiger partial charge in [0.25, 0.3) is 0 Å². The van der Waals surface area contributed by atoms with Crippen LogP contribution in [0.15, 0.2) is 24.3 Å². The third kappa shape index (κ3) is 6.89. The summed E-state index contributed by atoms with van der Waals surface area (Å²) < 4.78 is 10.0. The molecule has 1 fully saturated rings. The van der Waals surface area contributed by atoms with Gasteiger partial charge < -0.3 is 14.4 Å². The quantitative estimate of drug-likeness (QED) is 0.607. The van der Waals surface area contributed by atoms with E-state index in [1.807, 2.05) is 24.3 Å². The Kier molecular flexibility index (Phi) is 8.62. The van der Waals surface area contributed by atoms with Crippen LogP contribution in [-0.4, -0.2) is 37.5 Å². The van der Waals surface area contributed by atoms with E-state index in [1.54, 1.807) is 18.9 Å². The number of benzene rings is 1. The molecule has 150 valence electrons. The summed E-state index contributed by atoms with van der Waals surface area (Å²) in [7, 11) is 3.02. The maximum absolute atomic E-state index is 12.9. The minimum Gasteiger partial charge on any atom is -0.497 e. The number of carbonyl (C=O) groups is 2. The second-order valence-corrected chi connectivity index (χ2v) is 7.59. The van der Waals surface area contributed by atoms with Gasteiger partial charge >= 0.3 is 5.97 Å². The molecular formula is C22H33NO4. The first kappa shape index (κ1) is 21.3. The molecule has 2 rings (SSSR count). The second-order valence-electron chi connectivity index (χ2n) is 7.59. The standard InChI is InChI=1S/C22H33NO4/c1-17(22(25)27-3)15-23(16-19-9-12-20(26-2)13-10-19)21(24)14-11-18-7-5-4-6-8-18/h9-10,12-13,17-18H,4-8,11,14-16H2,1-3H3. The Labute approximate surface area is 163 Å². The van der Waals surface area contributed by atoms with Crippen molar-refractivity contribution < 1.29 is 19.1 Å². The predicted molar refractivity (Wildman–Crippen MR) is 105 cm³/mol. The van der Waals surface area contributed by atoms with Gasteiger partial charge in [-0.2, -0.15) is 0 Å². The Morgan fingerprint density at radius 1 is 1.11 bits per heavy atom. The van der Waals surface area contributed by atoms with Crippen molar-refractivity contribution in [3.05, 3.63) is 29.8 Å². The van der Waals surface area contributed by atoms with Crippen molar-refractivity contribution in [3.8, 4) is 5.75 Å². The van der Waals surface area contributed by atoms with Gasteiger partial charge in [0, 0.05) is 19.5 Å². The lowest BCUT2D eigenvalue weighted by Crippen LogP contribution is -2.37. The van der Waals surface area contributed by atoms with E-state index in [0.29, 0.717) is 25.4 Å². The highest BCUT2D eigenvalue weighted by Gasteiger charge is 2.23. The molecule has 0 bridgehead atoms. The summed E-state index contributed by atoms with van der Waals surface area (Å²) >= 11 is 0. The minimum atomic E-state index is -0.341. The maximum Gasteiger partial charge on any atom is 0.310 e. The minimum absolute atomic E-state index is 0.118. The van der Waals surface area contributed by atoms with E-state index in [4.69, 9.17) is 9.47 Å². The van der Waals surface area contributed by atoms with Gasteiger partial charge in [-0.25, -0.2) is 0 Å². The maximum atomic E-state index is 12.9. The third-order valence-corrected chi connectivity index (χ3v) is 5.47. The molecule has 0 aromatic heterocycles. The highest BCUT2D eigenvalue weighted by atomic mass is 16.5. The summed E-state index contributed by atoms with van der Waals surface area (Å²) in [6.07, 6.45) is 7.88. The monoisotopic (exact) mass is 375 g/mol. The lowest BCUT2D eigenvalue weighted by atomic mass is 9.86. The molecule has 1 saturated carbocycles. The largest absolute Gasteiger partial charge is 0.497 e. The fraction of sp³-hybridized carbons (Fsp3) is 0.636. The summed E-state index contributed by atoms with van der Waals surface area (Å²) in [6.45, 7) is 2.68. The molecule has 0 heterocycles. The van der Waals surface area contributed by atoms with Crippen LogP contribution in [0, 0.1) is 11.8 Å². The molecule has 1 atom stereocenters. The van der Waals surface area contributed by atoms with E-state index in [1.165, 1.54) is 39.2 Å². The van der Waals surface area contributed by atoms with Crippen molar-refractivity contribution in [2.24, 2.45) is 11.8 Å². The lowest BCUT2D eigenvalue weighted by molar-refractivity contribution is -0.146. The second kappa shape index (κ2) is 11.0. The molecule has 1 aromatic carbocycles. The highest BCUT2D eigenvalue weighted by molar-refractivity contribution is 5.78. The number of amides is 1. The van der Waals surface area contributed by atoms with Crippen LogP contribution in [0.25, 0.3) is 0 Å². The van der Waals surface area contributed by atoms with Crippen LogP contribution in [-0.2, 0) is 20.9 Å². The van der Waals surface area contributed by atoms with Crippen molar-refractivity contribution >= 4 is 11.9 Å². The predicted octanol–water partition coefficient (Wildman–Crippen LogP) is 4.19. The summed E-state index contributed by atoms with van der Waals surface area (Å²) in [5.41, 5.74) is 1.03. The fourth-order valence-electron chi connectivity index (χ4n) is 3.77. The Morgan fingerprint density at radius 2 is 1.78 bits per heavy atom. The molecule has 27 heavy (non-hydrogen) atoms. The number of carbonyl (C=O) groups excluding carboxylic acids is 2. The summed E-state index contributed by atoms with van der Waals surface area (Å²) in [6, 6.07) is 7.71. The van der Waals surface area contributed by atoms with Crippen molar-refractivity contribution in [1.82, 2.24) is 4.90 Å². The molecule has 1 aromatic rings. The average molecular weight is 376 g/mol. The number of rotatable bonds is 9. The third-order valence-electron chi connectivity index (χ3n) is 5.47. The van der Waals surface area contributed by atoms with Crippen molar-refractivity contribution in [2.75, 3.05) is 20.8 Å². The van der Waals surface area contributed by atoms with E-state index >= 15 is 0 Å². The van der Waals surface area contributed by atoms with Gasteiger partial charge in [0.2, 0.25) is 5.91 Å². The van der Waals surface area contributed by atoms with Gasteiger partial charge in [-0.3, -0.25) is 9.59 Å². The Morgan fingerprint density at radius 3 is 2.37 bits per heavy atom. The van der Waals surface area contributed by atoms with Crippen molar-refractivity contribution in [1.29, 1.82) is 0 Å². The molecule has 5 nitrogen and oxygen atoms in total. The summed E-state index contributed by atoms with van der Waals surface area (Å²) in [4.78, 5) is 26.5. The zero-order chi connectivity index (χ0) is 19.6. The van der Waals surface area contributed by atoms with Crippen molar-refractivity contribution in [3.63, 3.8) is 0 Å². The van der Waals surface area contributed by atoms with Gasteiger partial charge in [0.1, 0.15) is 5.75 Å². The van der Waals surface area contributed by atoms with Gasteiger partial charge in [-0.15, -0.1) is 0 Å². The molecule has 5 heteroatoms. The average Bonchev–Trinajstić information content (AvgIpc) is 2.72. The van der Waals surface area contributed by atoms with Crippen LogP contribution < -0.4 is 4.74 Å². The molecule has 1 aliphatic carbocycles. The Balaban J connectivity index is 2.00. The van der Waals surface area contributed by atoms with E-state index in [9.17, 15) is 9.59 Å². The zero-order valence-corrected chi connectivity index (χ0v) is 16.9. The molecule has 0 saturated heterocycles. The van der Waals surface area contributed by atoms with Crippen LogP contribution in [0.4, 0.5) is 0 Å². The highest BCUT2D eigenvalue weighted by Crippen LogP contribution is 2.27.